The Hall–Kier alpha value is -2.53. The van der Waals surface area contributed by atoms with Crippen molar-refractivity contribution in [2.45, 2.75) is 26.3 Å². The van der Waals surface area contributed by atoms with Crippen LogP contribution in [0.3, 0.4) is 0 Å². The minimum atomic E-state index is -0.297. The highest BCUT2D eigenvalue weighted by atomic mass is 35.5. The number of benzene rings is 2. The maximum absolute atomic E-state index is 12.2. The van der Waals surface area contributed by atoms with E-state index in [-0.39, 0.29) is 18.6 Å². The molecule has 26 heavy (non-hydrogen) atoms. The average Bonchev–Trinajstić information content (AvgIpc) is 2.64. The van der Waals surface area contributed by atoms with Gasteiger partial charge in [0, 0.05) is 11.1 Å². The van der Waals surface area contributed by atoms with Crippen molar-refractivity contribution in [1.82, 2.24) is 5.32 Å². The summed E-state index contributed by atoms with van der Waals surface area (Å²) >= 11 is 5.97. The molecular weight excluding hydrogens is 354 g/mol. The first kappa shape index (κ1) is 19.8. The van der Waals surface area contributed by atoms with Crippen LogP contribution in [0.4, 0.5) is 0 Å². The highest BCUT2D eigenvalue weighted by molar-refractivity contribution is 6.30. The normalized spacial score (nSPS) is 11.5. The Morgan fingerprint density at radius 1 is 1.23 bits per heavy atom. The molecule has 0 radical (unpaired) electrons. The van der Waals surface area contributed by atoms with E-state index in [0.717, 1.165) is 12.0 Å². The summed E-state index contributed by atoms with van der Waals surface area (Å²) in [5.41, 5.74) is 1.26. The van der Waals surface area contributed by atoms with Crippen LogP contribution in [-0.2, 0) is 4.79 Å². The summed E-state index contributed by atoms with van der Waals surface area (Å²) in [7, 11) is 0. The first-order valence-electron chi connectivity index (χ1n) is 8.43. The van der Waals surface area contributed by atoms with Crippen LogP contribution in [0.5, 0.6) is 11.5 Å². The average molecular weight is 376 g/mol. The summed E-state index contributed by atoms with van der Waals surface area (Å²) in [4.78, 5) is 23.3. The maximum Gasteiger partial charge on any atom is 0.258 e. The molecule has 0 aliphatic rings. The number of carbonyl (C=O) groups excluding carboxylic acids is 2. The third-order valence-corrected chi connectivity index (χ3v) is 3.90. The Labute approximate surface area is 158 Å². The molecule has 0 aliphatic carbocycles. The Kier molecular flexibility index (Phi) is 7.48. The molecule has 1 atom stereocenters. The molecule has 0 unspecified atom stereocenters. The molecule has 2 aromatic rings. The van der Waals surface area contributed by atoms with Crippen LogP contribution >= 0.6 is 11.6 Å². The molecule has 1 amide bonds. The fraction of sp³-hybridized carbons (Fsp3) is 0.300. The van der Waals surface area contributed by atoms with Gasteiger partial charge in [-0.15, -0.1) is 0 Å². The second kappa shape index (κ2) is 9.82. The molecule has 0 saturated heterocycles. The summed E-state index contributed by atoms with van der Waals surface area (Å²) in [6.07, 6.45) is 1.56. The van der Waals surface area contributed by atoms with E-state index in [1.54, 1.807) is 30.3 Å². The molecule has 0 heterocycles. The van der Waals surface area contributed by atoms with Gasteiger partial charge in [0.25, 0.3) is 5.91 Å². The van der Waals surface area contributed by atoms with Gasteiger partial charge in [0.05, 0.1) is 18.2 Å². The number of nitrogens with one attached hydrogen (secondary N) is 1. The molecule has 138 valence electrons. The minimum Gasteiger partial charge on any atom is -0.493 e. The van der Waals surface area contributed by atoms with Crippen LogP contribution in [0.2, 0.25) is 5.02 Å². The number of aldehydes is 1. The van der Waals surface area contributed by atoms with Gasteiger partial charge in [0.15, 0.2) is 12.9 Å². The summed E-state index contributed by atoms with van der Waals surface area (Å²) in [6.45, 7) is 4.22. The molecule has 0 saturated carbocycles. The fourth-order valence-corrected chi connectivity index (χ4v) is 2.53. The molecule has 0 bridgehead atoms. The van der Waals surface area contributed by atoms with E-state index in [9.17, 15) is 9.59 Å². The lowest BCUT2D eigenvalue weighted by molar-refractivity contribution is -0.123. The van der Waals surface area contributed by atoms with E-state index < -0.39 is 0 Å². The van der Waals surface area contributed by atoms with Crippen molar-refractivity contribution >= 4 is 23.8 Å². The predicted octanol–water partition coefficient (Wildman–Crippen LogP) is 4.20. The largest absolute Gasteiger partial charge is 0.493 e. The van der Waals surface area contributed by atoms with Crippen LogP contribution in [0.15, 0.2) is 42.5 Å². The van der Waals surface area contributed by atoms with Crippen LogP contribution in [-0.4, -0.2) is 25.4 Å². The van der Waals surface area contributed by atoms with Gasteiger partial charge in [-0.1, -0.05) is 30.7 Å². The van der Waals surface area contributed by atoms with Gasteiger partial charge in [-0.3, -0.25) is 9.59 Å². The van der Waals surface area contributed by atoms with Crippen LogP contribution in [0, 0.1) is 0 Å². The molecular formula is C20H22ClNO4. The Morgan fingerprint density at radius 2 is 2.04 bits per heavy atom. The van der Waals surface area contributed by atoms with Crippen LogP contribution in [0.25, 0.3) is 0 Å². The van der Waals surface area contributed by atoms with E-state index in [2.05, 4.69) is 5.32 Å². The highest BCUT2D eigenvalue weighted by Gasteiger charge is 2.12. The molecule has 5 nitrogen and oxygen atoms in total. The lowest BCUT2D eigenvalue weighted by Crippen LogP contribution is -2.31. The molecule has 0 aliphatic heterocycles. The highest BCUT2D eigenvalue weighted by Crippen LogP contribution is 2.24. The third-order valence-electron chi connectivity index (χ3n) is 3.67. The summed E-state index contributed by atoms with van der Waals surface area (Å²) in [5, 5.41) is 3.45. The van der Waals surface area contributed by atoms with E-state index in [1.165, 1.54) is 0 Å². The minimum absolute atomic E-state index is 0.205. The van der Waals surface area contributed by atoms with Gasteiger partial charge in [-0.05, 0) is 43.2 Å². The van der Waals surface area contributed by atoms with E-state index >= 15 is 0 Å². The first-order chi connectivity index (χ1) is 12.5. The van der Waals surface area contributed by atoms with Gasteiger partial charge in [-0.2, -0.15) is 0 Å². The van der Waals surface area contributed by atoms with Crippen molar-refractivity contribution in [2.24, 2.45) is 0 Å². The number of rotatable bonds is 9. The molecule has 1 N–H and O–H groups in total. The van der Waals surface area contributed by atoms with E-state index in [1.807, 2.05) is 26.0 Å². The smallest absolute Gasteiger partial charge is 0.258 e. The van der Waals surface area contributed by atoms with Gasteiger partial charge in [-0.25, -0.2) is 0 Å². The van der Waals surface area contributed by atoms with Crippen molar-refractivity contribution in [1.29, 1.82) is 0 Å². The van der Waals surface area contributed by atoms with Crippen molar-refractivity contribution in [3.8, 4) is 11.5 Å². The number of amides is 1. The van der Waals surface area contributed by atoms with Crippen LogP contribution < -0.4 is 14.8 Å². The Balaban J connectivity index is 1.96. The molecule has 6 heteroatoms. The zero-order valence-corrected chi connectivity index (χ0v) is 15.6. The maximum atomic E-state index is 12.2. The molecule has 2 aromatic carbocycles. The zero-order chi connectivity index (χ0) is 18.9. The van der Waals surface area contributed by atoms with Gasteiger partial charge in [0.1, 0.15) is 11.5 Å². The quantitative estimate of drug-likeness (QED) is 0.667. The van der Waals surface area contributed by atoms with Crippen molar-refractivity contribution in [3.05, 3.63) is 58.6 Å². The number of hydrogen-bond acceptors (Lipinski definition) is 4. The number of halogens is 1. The summed E-state index contributed by atoms with van der Waals surface area (Å²) in [5.74, 6) is 0.619. The molecule has 0 aromatic heterocycles. The molecule has 2 rings (SSSR count). The second-order valence-electron chi connectivity index (χ2n) is 5.80. The Morgan fingerprint density at radius 3 is 2.73 bits per heavy atom. The van der Waals surface area contributed by atoms with Gasteiger partial charge in [0.2, 0.25) is 0 Å². The number of ether oxygens (including phenoxy) is 2. The summed E-state index contributed by atoms with van der Waals surface area (Å²) in [6, 6.07) is 12.0. The standard InChI is InChI=1S/C20H22ClNO4/c1-3-9-25-18-8-7-16(12-23)19(11-18)26-13-20(24)22-14(2)15-5-4-6-17(21)10-15/h4-8,10-12,14H,3,9,13H2,1-2H3,(H,22,24)/t14-/m0/s1. The van der Waals surface area contributed by atoms with Crippen LogP contribution in [0.1, 0.15) is 42.2 Å². The number of carbonyl (C=O) groups is 2. The molecule has 0 spiro atoms. The monoisotopic (exact) mass is 375 g/mol. The van der Waals surface area contributed by atoms with Gasteiger partial charge < -0.3 is 14.8 Å². The zero-order valence-electron chi connectivity index (χ0n) is 14.8. The van der Waals surface area contributed by atoms with Crippen molar-refractivity contribution < 1.29 is 19.1 Å². The van der Waals surface area contributed by atoms with Crippen molar-refractivity contribution in [2.75, 3.05) is 13.2 Å². The molecule has 0 fully saturated rings. The second-order valence-corrected chi connectivity index (χ2v) is 6.24. The number of hydrogen-bond donors (Lipinski definition) is 1. The first-order valence-corrected chi connectivity index (χ1v) is 8.81. The SMILES string of the molecule is CCCOc1ccc(C=O)c(OCC(=O)N[C@@H](C)c2cccc(Cl)c2)c1. The van der Waals surface area contributed by atoms with Crippen molar-refractivity contribution in [3.63, 3.8) is 0 Å². The van der Waals surface area contributed by atoms with E-state index in [4.69, 9.17) is 21.1 Å². The topological polar surface area (TPSA) is 64.6 Å². The lowest BCUT2D eigenvalue weighted by atomic mass is 10.1. The fourth-order valence-electron chi connectivity index (χ4n) is 2.33. The van der Waals surface area contributed by atoms with Gasteiger partial charge >= 0.3 is 0 Å². The lowest BCUT2D eigenvalue weighted by Gasteiger charge is -2.16. The van der Waals surface area contributed by atoms with E-state index in [0.29, 0.717) is 35.0 Å². The summed E-state index contributed by atoms with van der Waals surface area (Å²) < 4.78 is 11.0. The Bertz CT molecular complexity index is 763. The third kappa shape index (κ3) is 5.77. The predicted molar refractivity (Wildman–Crippen MR) is 101 cm³/mol.